The molecule has 1 N–H and O–H groups in total. The van der Waals surface area contributed by atoms with Crippen molar-refractivity contribution >= 4 is 11.3 Å². The Labute approximate surface area is 181 Å². The monoisotopic (exact) mass is 423 g/mol. The van der Waals surface area contributed by atoms with Crippen LogP contribution in [0.25, 0.3) is 22.6 Å². The first-order valence-corrected chi connectivity index (χ1v) is 10.9. The molecule has 1 aliphatic rings. The van der Waals surface area contributed by atoms with E-state index in [1.54, 1.807) is 15.2 Å². The van der Waals surface area contributed by atoms with Crippen molar-refractivity contribution in [2.24, 2.45) is 5.92 Å². The summed E-state index contributed by atoms with van der Waals surface area (Å²) in [6, 6.07) is 3.40. The van der Waals surface area contributed by atoms with Gasteiger partial charge < -0.3 is 5.32 Å². The maximum atomic E-state index is 14.7. The standard InChI is InChI=1S/C19H20FN7.C4H10/c1-11-7-16(24-26-9-12(2)22-18(11)26)14-8-15(20)19-23-17(25-27(19)10-14)13-3-5-21-6-4-13;1-4(2)3/h7-10,13,21H,3-6H2,1-2H3;4H,1-3H3. The molecule has 1 fully saturated rings. The Kier molecular flexibility index (Phi) is 6.00. The molecular weight excluding hydrogens is 393 g/mol. The van der Waals surface area contributed by atoms with Crippen LogP contribution in [0.5, 0.6) is 0 Å². The smallest absolute Gasteiger partial charge is 0.191 e. The highest BCUT2D eigenvalue weighted by Gasteiger charge is 2.21. The van der Waals surface area contributed by atoms with E-state index in [0.29, 0.717) is 11.3 Å². The number of imidazole rings is 1. The lowest BCUT2D eigenvalue weighted by Crippen LogP contribution is -2.27. The van der Waals surface area contributed by atoms with Crippen molar-refractivity contribution in [2.75, 3.05) is 13.1 Å². The summed E-state index contributed by atoms with van der Waals surface area (Å²) in [7, 11) is 0. The number of rotatable bonds is 2. The van der Waals surface area contributed by atoms with E-state index < -0.39 is 0 Å². The summed E-state index contributed by atoms with van der Waals surface area (Å²) in [5.41, 5.74) is 4.31. The van der Waals surface area contributed by atoms with Crippen LogP contribution in [0.2, 0.25) is 0 Å². The third-order valence-corrected chi connectivity index (χ3v) is 5.13. The number of pyridine rings is 1. The lowest BCUT2D eigenvalue weighted by molar-refractivity contribution is 0.445. The van der Waals surface area contributed by atoms with Gasteiger partial charge in [0.05, 0.1) is 17.6 Å². The van der Waals surface area contributed by atoms with Crippen LogP contribution in [0.1, 0.15) is 56.6 Å². The molecule has 0 amide bonds. The fourth-order valence-electron chi connectivity index (χ4n) is 3.74. The maximum Gasteiger partial charge on any atom is 0.191 e. The normalized spacial score (nSPS) is 14.9. The summed E-state index contributed by atoms with van der Waals surface area (Å²) in [6.45, 7) is 12.3. The number of aryl methyl sites for hydroxylation is 2. The fraction of sp³-hybridized carbons (Fsp3) is 0.478. The van der Waals surface area contributed by atoms with Gasteiger partial charge in [0.25, 0.3) is 0 Å². The van der Waals surface area contributed by atoms with Crippen molar-refractivity contribution < 1.29 is 4.39 Å². The number of hydrogen-bond acceptors (Lipinski definition) is 5. The van der Waals surface area contributed by atoms with Crippen LogP contribution in [0.4, 0.5) is 4.39 Å². The van der Waals surface area contributed by atoms with E-state index >= 15 is 0 Å². The summed E-state index contributed by atoms with van der Waals surface area (Å²) >= 11 is 0. The van der Waals surface area contributed by atoms with E-state index in [9.17, 15) is 4.39 Å². The van der Waals surface area contributed by atoms with Gasteiger partial charge in [-0.05, 0) is 63.4 Å². The first-order valence-electron chi connectivity index (χ1n) is 10.9. The van der Waals surface area contributed by atoms with Gasteiger partial charge in [-0.2, -0.15) is 10.2 Å². The Bertz CT molecular complexity index is 1200. The highest BCUT2D eigenvalue weighted by atomic mass is 19.1. The number of aromatic nitrogens is 6. The molecule has 0 atom stereocenters. The number of nitrogens with one attached hydrogen (secondary N) is 1. The predicted octanol–water partition coefficient (Wildman–Crippen LogP) is 4.32. The van der Waals surface area contributed by atoms with E-state index in [1.165, 1.54) is 6.07 Å². The highest BCUT2D eigenvalue weighted by molar-refractivity contribution is 5.64. The molecule has 0 radical (unpaired) electrons. The summed E-state index contributed by atoms with van der Waals surface area (Å²) < 4.78 is 18.0. The molecule has 8 heteroatoms. The molecule has 4 aromatic heterocycles. The molecule has 164 valence electrons. The van der Waals surface area contributed by atoms with E-state index in [0.717, 1.165) is 54.6 Å². The number of nitrogens with zero attached hydrogens (tertiary/aromatic N) is 6. The van der Waals surface area contributed by atoms with Crippen molar-refractivity contribution in [3.63, 3.8) is 0 Å². The minimum atomic E-state index is -0.387. The van der Waals surface area contributed by atoms with Gasteiger partial charge in [0.1, 0.15) is 0 Å². The van der Waals surface area contributed by atoms with Gasteiger partial charge in [-0.25, -0.2) is 23.4 Å². The van der Waals surface area contributed by atoms with Crippen LogP contribution in [0.3, 0.4) is 0 Å². The van der Waals surface area contributed by atoms with E-state index in [2.05, 4.69) is 46.3 Å². The molecule has 0 unspecified atom stereocenters. The second-order valence-electron chi connectivity index (χ2n) is 8.93. The van der Waals surface area contributed by atoms with E-state index in [4.69, 9.17) is 0 Å². The first-order chi connectivity index (χ1) is 14.8. The third-order valence-electron chi connectivity index (χ3n) is 5.13. The molecule has 5 heterocycles. The average molecular weight is 424 g/mol. The average Bonchev–Trinajstić information content (AvgIpc) is 3.32. The van der Waals surface area contributed by atoms with Crippen molar-refractivity contribution in [1.29, 1.82) is 0 Å². The zero-order valence-electron chi connectivity index (χ0n) is 18.9. The van der Waals surface area contributed by atoms with Gasteiger partial charge in [0, 0.05) is 17.7 Å². The third kappa shape index (κ3) is 4.58. The molecule has 4 aromatic rings. The summed E-state index contributed by atoms with van der Waals surface area (Å²) in [6.07, 6.45) is 5.62. The topological polar surface area (TPSA) is 72.4 Å². The summed E-state index contributed by atoms with van der Waals surface area (Å²) in [5.74, 6) is 1.44. The van der Waals surface area contributed by atoms with Crippen LogP contribution in [0.15, 0.2) is 24.5 Å². The highest BCUT2D eigenvalue weighted by Crippen LogP contribution is 2.26. The second-order valence-corrected chi connectivity index (χ2v) is 8.93. The predicted molar refractivity (Wildman–Crippen MR) is 120 cm³/mol. The quantitative estimate of drug-likeness (QED) is 0.520. The van der Waals surface area contributed by atoms with Gasteiger partial charge in [0.15, 0.2) is 22.9 Å². The number of hydrogen-bond donors (Lipinski definition) is 1. The van der Waals surface area contributed by atoms with E-state index in [1.807, 2.05) is 26.1 Å². The van der Waals surface area contributed by atoms with Crippen molar-refractivity contribution in [1.82, 2.24) is 34.5 Å². The van der Waals surface area contributed by atoms with Crippen LogP contribution < -0.4 is 5.32 Å². The molecule has 1 aliphatic heterocycles. The summed E-state index contributed by atoms with van der Waals surface area (Å²) in [5, 5.41) is 12.5. The zero-order valence-corrected chi connectivity index (χ0v) is 18.9. The SMILES string of the molecule is CC(C)C.Cc1cn2nc(-c3cc(F)c4nc(C5CCNCC5)nn4c3)cc(C)c2n1. The largest absolute Gasteiger partial charge is 0.317 e. The van der Waals surface area contributed by atoms with Crippen LogP contribution in [-0.2, 0) is 0 Å². The molecule has 1 saturated heterocycles. The molecular formula is C23H30FN7. The molecule has 0 spiro atoms. The second kappa shape index (κ2) is 8.70. The van der Waals surface area contributed by atoms with Gasteiger partial charge in [-0.1, -0.05) is 20.8 Å². The van der Waals surface area contributed by atoms with Crippen molar-refractivity contribution in [2.45, 2.75) is 53.4 Å². The Balaban J connectivity index is 0.000000535. The van der Waals surface area contributed by atoms with Crippen molar-refractivity contribution in [3.8, 4) is 11.3 Å². The lowest BCUT2D eigenvalue weighted by Gasteiger charge is -2.19. The van der Waals surface area contributed by atoms with Crippen molar-refractivity contribution in [3.05, 3.63) is 47.4 Å². The van der Waals surface area contributed by atoms with Crippen LogP contribution in [0, 0.1) is 25.6 Å². The Morgan fingerprint density at radius 3 is 2.35 bits per heavy atom. The Morgan fingerprint density at radius 1 is 0.968 bits per heavy atom. The van der Waals surface area contributed by atoms with Gasteiger partial charge in [-0.15, -0.1) is 0 Å². The fourth-order valence-corrected chi connectivity index (χ4v) is 3.74. The molecule has 31 heavy (non-hydrogen) atoms. The molecule has 0 aromatic carbocycles. The molecule has 0 aliphatic carbocycles. The van der Waals surface area contributed by atoms with Crippen LogP contribution in [-0.4, -0.2) is 42.3 Å². The number of halogens is 1. The van der Waals surface area contributed by atoms with Gasteiger partial charge in [-0.3, -0.25) is 0 Å². The summed E-state index contributed by atoms with van der Waals surface area (Å²) in [4.78, 5) is 8.92. The Morgan fingerprint density at radius 2 is 1.65 bits per heavy atom. The first kappa shape index (κ1) is 21.4. The number of piperidine rings is 1. The zero-order chi connectivity index (χ0) is 22.1. The van der Waals surface area contributed by atoms with Crippen LogP contribution >= 0.6 is 0 Å². The van der Waals surface area contributed by atoms with E-state index in [-0.39, 0.29) is 17.4 Å². The van der Waals surface area contributed by atoms with Gasteiger partial charge >= 0.3 is 0 Å². The molecule has 5 rings (SSSR count). The van der Waals surface area contributed by atoms with Gasteiger partial charge in [0.2, 0.25) is 0 Å². The minimum absolute atomic E-state index is 0.267. The molecule has 7 nitrogen and oxygen atoms in total. The molecule has 0 saturated carbocycles. The number of fused-ring (bicyclic) bond motifs is 2. The lowest BCUT2D eigenvalue weighted by atomic mass is 9.98. The molecule has 0 bridgehead atoms. The Hall–Kier alpha value is -2.87. The minimum Gasteiger partial charge on any atom is -0.317 e. The maximum absolute atomic E-state index is 14.7.